The molecule has 2 unspecified atom stereocenters. The fraction of sp³-hybridized carbons (Fsp3) is 0.533. The van der Waals surface area contributed by atoms with Gasteiger partial charge in [0.05, 0.1) is 6.54 Å². The number of benzene rings is 1. The molecule has 0 bridgehead atoms. The van der Waals surface area contributed by atoms with E-state index in [1.54, 1.807) is 6.07 Å². The van der Waals surface area contributed by atoms with Gasteiger partial charge in [0.15, 0.2) is 0 Å². The summed E-state index contributed by atoms with van der Waals surface area (Å²) in [5.74, 6) is -0.281. The Hall–Kier alpha value is -1.42. The Balaban J connectivity index is 2.37. The summed E-state index contributed by atoms with van der Waals surface area (Å²) in [5, 5.41) is 6.02. The van der Waals surface area contributed by atoms with Crippen molar-refractivity contribution in [1.29, 1.82) is 0 Å². The van der Waals surface area contributed by atoms with Crippen molar-refractivity contribution < 1.29 is 9.18 Å². The van der Waals surface area contributed by atoms with E-state index in [4.69, 9.17) is 0 Å². The molecule has 0 fully saturated rings. The van der Waals surface area contributed by atoms with E-state index in [0.29, 0.717) is 0 Å². The summed E-state index contributed by atoms with van der Waals surface area (Å²) >= 11 is 0. The van der Waals surface area contributed by atoms with Gasteiger partial charge in [-0.2, -0.15) is 0 Å². The van der Waals surface area contributed by atoms with E-state index in [2.05, 4.69) is 17.6 Å². The van der Waals surface area contributed by atoms with Crippen molar-refractivity contribution in [3.63, 3.8) is 0 Å². The van der Waals surface area contributed by atoms with E-state index < -0.39 is 0 Å². The third-order valence-electron chi connectivity index (χ3n) is 3.05. The fourth-order valence-electron chi connectivity index (χ4n) is 1.97. The summed E-state index contributed by atoms with van der Waals surface area (Å²) in [6.45, 7) is 6.24. The molecule has 0 saturated carbocycles. The van der Waals surface area contributed by atoms with Crippen molar-refractivity contribution in [1.82, 2.24) is 10.6 Å². The molecule has 0 saturated heterocycles. The molecule has 106 valence electrons. The van der Waals surface area contributed by atoms with Gasteiger partial charge in [0, 0.05) is 12.1 Å². The van der Waals surface area contributed by atoms with Crippen molar-refractivity contribution >= 4 is 5.91 Å². The number of carbonyl (C=O) groups excluding carboxylic acids is 1. The van der Waals surface area contributed by atoms with E-state index in [1.807, 2.05) is 19.9 Å². The molecule has 2 atom stereocenters. The maximum atomic E-state index is 13.1. The van der Waals surface area contributed by atoms with Crippen molar-refractivity contribution in [2.45, 2.75) is 45.7 Å². The standard InChI is InChI=1S/C15H23FN2O/c1-4-6-11(2)18-15(19)10-17-12(3)13-7-5-8-14(16)9-13/h5,7-9,11-12,17H,4,6,10H2,1-3H3,(H,18,19). The Kier molecular flexibility index (Phi) is 6.50. The summed E-state index contributed by atoms with van der Waals surface area (Å²) < 4.78 is 13.1. The van der Waals surface area contributed by atoms with Crippen LogP contribution >= 0.6 is 0 Å². The lowest BCUT2D eigenvalue weighted by atomic mass is 10.1. The van der Waals surface area contributed by atoms with Gasteiger partial charge in [0.1, 0.15) is 5.82 Å². The summed E-state index contributed by atoms with van der Waals surface area (Å²) in [6.07, 6.45) is 2.03. The van der Waals surface area contributed by atoms with Crippen LogP contribution in [-0.4, -0.2) is 18.5 Å². The maximum absolute atomic E-state index is 13.1. The van der Waals surface area contributed by atoms with Crippen LogP contribution in [0.5, 0.6) is 0 Å². The second-order valence-corrected chi connectivity index (χ2v) is 4.91. The second kappa shape index (κ2) is 7.89. The van der Waals surface area contributed by atoms with E-state index >= 15 is 0 Å². The third-order valence-corrected chi connectivity index (χ3v) is 3.05. The number of halogens is 1. The summed E-state index contributed by atoms with van der Waals surface area (Å²) in [4.78, 5) is 11.7. The highest BCUT2D eigenvalue weighted by Crippen LogP contribution is 2.12. The summed E-state index contributed by atoms with van der Waals surface area (Å²) in [5.41, 5.74) is 0.842. The minimum Gasteiger partial charge on any atom is -0.353 e. The monoisotopic (exact) mass is 266 g/mol. The normalized spacial score (nSPS) is 13.9. The molecule has 1 aromatic rings. The Morgan fingerprint density at radius 3 is 2.74 bits per heavy atom. The van der Waals surface area contributed by atoms with Gasteiger partial charge in [-0.05, 0) is 38.0 Å². The maximum Gasteiger partial charge on any atom is 0.234 e. The Morgan fingerprint density at radius 2 is 2.11 bits per heavy atom. The zero-order chi connectivity index (χ0) is 14.3. The second-order valence-electron chi connectivity index (χ2n) is 4.91. The first kappa shape index (κ1) is 15.6. The van der Waals surface area contributed by atoms with Crippen molar-refractivity contribution in [2.75, 3.05) is 6.54 Å². The van der Waals surface area contributed by atoms with Crippen molar-refractivity contribution in [3.05, 3.63) is 35.6 Å². The molecule has 0 aliphatic carbocycles. The average molecular weight is 266 g/mol. The molecule has 1 rings (SSSR count). The van der Waals surface area contributed by atoms with Crippen LogP contribution in [0.2, 0.25) is 0 Å². The molecule has 0 aromatic heterocycles. The number of amides is 1. The molecule has 0 aliphatic rings. The number of rotatable bonds is 7. The first-order chi connectivity index (χ1) is 9.02. The lowest BCUT2D eigenvalue weighted by Gasteiger charge is -2.16. The van der Waals surface area contributed by atoms with Gasteiger partial charge in [0.2, 0.25) is 5.91 Å². The quantitative estimate of drug-likeness (QED) is 0.796. The van der Waals surface area contributed by atoms with Crippen LogP contribution in [0.1, 0.15) is 45.2 Å². The van der Waals surface area contributed by atoms with Crippen LogP contribution in [-0.2, 0) is 4.79 Å². The Labute approximate surface area is 114 Å². The zero-order valence-electron chi connectivity index (χ0n) is 11.9. The fourth-order valence-corrected chi connectivity index (χ4v) is 1.97. The van der Waals surface area contributed by atoms with Crippen LogP contribution in [0.15, 0.2) is 24.3 Å². The highest BCUT2D eigenvalue weighted by atomic mass is 19.1. The molecule has 0 heterocycles. The van der Waals surface area contributed by atoms with Crippen LogP contribution < -0.4 is 10.6 Å². The van der Waals surface area contributed by atoms with Gasteiger partial charge < -0.3 is 10.6 Å². The van der Waals surface area contributed by atoms with Crippen LogP contribution in [0.25, 0.3) is 0 Å². The SMILES string of the molecule is CCCC(C)NC(=O)CNC(C)c1cccc(F)c1. The van der Waals surface area contributed by atoms with Crippen LogP contribution in [0.3, 0.4) is 0 Å². The topological polar surface area (TPSA) is 41.1 Å². The predicted octanol–water partition coefficient (Wildman–Crippen LogP) is 2.78. The Bertz CT molecular complexity index is 409. The molecule has 1 amide bonds. The first-order valence-electron chi connectivity index (χ1n) is 6.81. The third kappa shape index (κ3) is 5.83. The van der Waals surface area contributed by atoms with Crippen molar-refractivity contribution in [3.8, 4) is 0 Å². The highest BCUT2D eigenvalue weighted by molar-refractivity contribution is 5.78. The number of hydrogen-bond acceptors (Lipinski definition) is 2. The van der Waals surface area contributed by atoms with Gasteiger partial charge in [-0.25, -0.2) is 4.39 Å². The van der Waals surface area contributed by atoms with Gasteiger partial charge in [0.25, 0.3) is 0 Å². The Morgan fingerprint density at radius 1 is 1.37 bits per heavy atom. The number of nitrogens with one attached hydrogen (secondary N) is 2. The van der Waals surface area contributed by atoms with E-state index in [0.717, 1.165) is 18.4 Å². The summed E-state index contributed by atoms with van der Waals surface area (Å²) in [7, 11) is 0. The molecule has 4 heteroatoms. The number of hydrogen-bond donors (Lipinski definition) is 2. The minimum atomic E-state index is -0.257. The van der Waals surface area contributed by atoms with Gasteiger partial charge in [-0.15, -0.1) is 0 Å². The smallest absolute Gasteiger partial charge is 0.234 e. The largest absolute Gasteiger partial charge is 0.353 e. The molecule has 0 aliphatic heterocycles. The number of carbonyl (C=O) groups is 1. The zero-order valence-corrected chi connectivity index (χ0v) is 11.9. The molecule has 3 nitrogen and oxygen atoms in total. The molecule has 2 N–H and O–H groups in total. The van der Waals surface area contributed by atoms with E-state index in [1.165, 1.54) is 12.1 Å². The molecular weight excluding hydrogens is 243 g/mol. The van der Waals surface area contributed by atoms with Crippen molar-refractivity contribution in [2.24, 2.45) is 0 Å². The minimum absolute atomic E-state index is 0.0239. The molecule has 0 radical (unpaired) electrons. The van der Waals surface area contributed by atoms with Crippen LogP contribution in [0, 0.1) is 5.82 Å². The predicted molar refractivity (Wildman–Crippen MR) is 75.3 cm³/mol. The van der Waals surface area contributed by atoms with E-state index in [-0.39, 0.29) is 30.4 Å². The van der Waals surface area contributed by atoms with Gasteiger partial charge in [-0.1, -0.05) is 25.5 Å². The van der Waals surface area contributed by atoms with Crippen LogP contribution in [0.4, 0.5) is 4.39 Å². The molecule has 0 spiro atoms. The molecular formula is C15H23FN2O. The van der Waals surface area contributed by atoms with E-state index in [9.17, 15) is 9.18 Å². The molecule has 19 heavy (non-hydrogen) atoms. The van der Waals surface area contributed by atoms with Gasteiger partial charge in [-0.3, -0.25) is 4.79 Å². The summed E-state index contributed by atoms with van der Waals surface area (Å²) in [6, 6.07) is 6.56. The highest BCUT2D eigenvalue weighted by Gasteiger charge is 2.10. The molecule has 1 aromatic carbocycles. The lowest BCUT2D eigenvalue weighted by Crippen LogP contribution is -2.39. The van der Waals surface area contributed by atoms with Gasteiger partial charge >= 0.3 is 0 Å². The lowest BCUT2D eigenvalue weighted by molar-refractivity contribution is -0.121. The first-order valence-corrected chi connectivity index (χ1v) is 6.81. The average Bonchev–Trinajstić information content (AvgIpc) is 2.36.